The summed E-state index contributed by atoms with van der Waals surface area (Å²) in [6, 6.07) is 9.74. The topological polar surface area (TPSA) is 81.5 Å². The molecule has 22 heavy (non-hydrogen) atoms. The maximum atomic E-state index is 12.8. The van der Waals surface area contributed by atoms with Crippen molar-refractivity contribution in [3.63, 3.8) is 0 Å². The van der Waals surface area contributed by atoms with Crippen LogP contribution in [0, 0.1) is 15.9 Å². The van der Waals surface area contributed by atoms with Crippen molar-refractivity contribution in [1.82, 2.24) is 0 Å². The minimum absolute atomic E-state index is 0.0683. The number of non-ortho nitro benzene ring substituents is 1. The molecule has 0 spiro atoms. The van der Waals surface area contributed by atoms with Crippen LogP contribution in [0.4, 0.5) is 15.8 Å². The maximum Gasteiger partial charge on any atom is 0.340 e. The predicted octanol–water partition coefficient (Wildman–Crippen LogP) is 3.13. The fourth-order valence-corrected chi connectivity index (χ4v) is 1.88. The van der Waals surface area contributed by atoms with E-state index in [-0.39, 0.29) is 17.1 Å². The van der Waals surface area contributed by atoms with Crippen LogP contribution in [0.3, 0.4) is 0 Å². The molecule has 0 fully saturated rings. The zero-order chi connectivity index (χ0) is 16.1. The van der Waals surface area contributed by atoms with Crippen molar-refractivity contribution in [2.75, 3.05) is 12.4 Å². The standard InChI is InChI=1S/C15H13FN2O4/c1-22-15(19)13-8-12(18(20)21)6-7-14(13)17-9-10-2-4-11(16)5-3-10/h2-8,17H,9H2,1H3. The van der Waals surface area contributed by atoms with Gasteiger partial charge in [0.05, 0.1) is 17.6 Å². The number of rotatable bonds is 5. The Hall–Kier alpha value is -2.96. The van der Waals surface area contributed by atoms with Crippen molar-refractivity contribution in [3.8, 4) is 0 Å². The van der Waals surface area contributed by atoms with E-state index in [4.69, 9.17) is 0 Å². The van der Waals surface area contributed by atoms with Crippen LogP contribution in [0.15, 0.2) is 42.5 Å². The number of nitro groups is 1. The maximum absolute atomic E-state index is 12.8. The van der Waals surface area contributed by atoms with E-state index in [1.165, 1.54) is 31.4 Å². The molecule has 0 bridgehead atoms. The molecule has 0 aliphatic carbocycles. The Morgan fingerprint density at radius 3 is 2.55 bits per heavy atom. The molecule has 2 aromatic carbocycles. The van der Waals surface area contributed by atoms with Crippen LogP contribution in [0.5, 0.6) is 0 Å². The molecule has 0 amide bonds. The third-order valence-corrected chi connectivity index (χ3v) is 3.02. The summed E-state index contributed by atoms with van der Waals surface area (Å²) in [5.74, 6) is -1.01. The van der Waals surface area contributed by atoms with Gasteiger partial charge in [-0.25, -0.2) is 9.18 Å². The van der Waals surface area contributed by atoms with Crippen LogP contribution in [-0.4, -0.2) is 18.0 Å². The average molecular weight is 304 g/mol. The number of methoxy groups -OCH3 is 1. The van der Waals surface area contributed by atoms with Gasteiger partial charge in [0.2, 0.25) is 0 Å². The largest absolute Gasteiger partial charge is 0.465 e. The van der Waals surface area contributed by atoms with Crippen LogP contribution >= 0.6 is 0 Å². The fourth-order valence-electron chi connectivity index (χ4n) is 1.88. The molecule has 114 valence electrons. The number of carbonyl (C=O) groups is 1. The number of nitro benzene ring substituents is 1. The third kappa shape index (κ3) is 3.57. The summed E-state index contributed by atoms with van der Waals surface area (Å²) in [6.45, 7) is 0.335. The third-order valence-electron chi connectivity index (χ3n) is 3.02. The van der Waals surface area contributed by atoms with E-state index in [9.17, 15) is 19.3 Å². The second-order valence-electron chi connectivity index (χ2n) is 4.46. The zero-order valence-electron chi connectivity index (χ0n) is 11.7. The summed E-state index contributed by atoms with van der Waals surface area (Å²) in [4.78, 5) is 21.9. The van der Waals surface area contributed by atoms with Gasteiger partial charge in [-0.1, -0.05) is 12.1 Å². The highest BCUT2D eigenvalue weighted by molar-refractivity contribution is 5.96. The van der Waals surface area contributed by atoms with Gasteiger partial charge >= 0.3 is 5.97 Å². The Kier molecular flexibility index (Phi) is 4.67. The molecule has 0 aliphatic heterocycles. The van der Waals surface area contributed by atoms with E-state index in [0.717, 1.165) is 11.6 Å². The highest BCUT2D eigenvalue weighted by atomic mass is 19.1. The number of nitrogens with zero attached hydrogens (tertiary/aromatic N) is 1. The van der Waals surface area contributed by atoms with Crippen molar-refractivity contribution < 1.29 is 18.8 Å². The minimum atomic E-state index is -0.676. The lowest BCUT2D eigenvalue weighted by atomic mass is 10.1. The number of ether oxygens (including phenoxy) is 1. The molecular formula is C15H13FN2O4. The van der Waals surface area contributed by atoms with Crippen molar-refractivity contribution in [2.24, 2.45) is 0 Å². The minimum Gasteiger partial charge on any atom is -0.465 e. The Bertz CT molecular complexity index is 701. The molecule has 0 saturated carbocycles. The Labute approximate surface area is 125 Å². The predicted molar refractivity (Wildman–Crippen MR) is 78.2 cm³/mol. The highest BCUT2D eigenvalue weighted by Gasteiger charge is 2.17. The van der Waals surface area contributed by atoms with Crippen molar-refractivity contribution in [2.45, 2.75) is 6.54 Å². The quantitative estimate of drug-likeness (QED) is 0.521. The molecular weight excluding hydrogens is 291 g/mol. The number of halogens is 1. The zero-order valence-corrected chi connectivity index (χ0v) is 11.7. The summed E-state index contributed by atoms with van der Waals surface area (Å²) in [5, 5.41) is 13.8. The van der Waals surface area contributed by atoms with Gasteiger partial charge in [-0.05, 0) is 23.8 Å². The first-order valence-electron chi connectivity index (χ1n) is 6.36. The number of nitrogens with one attached hydrogen (secondary N) is 1. The first kappa shape index (κ1) is 15.4. The molecule has 0 unspecified atom stereocenters. The van der Waals surface area contributed by atoms with Gasteiger partial charge in [0.15, 0.2) is 0 Å². The van der Waals surface area contributed by atoms with E-state index in [0.29, 0.717) is 12.2 Å². The number of esters is 1. The van der Waals surface area contributed by atoms with Crippen LogP contribution in [0.1, 0.15) is 15.9 Å². The summed E-state index contributed by atoms with van der Waals surface area (Å²) in [6.07, 6.45) is 0. The summed E-state index contributed by atoms with van der Waals surface area (Å²) >= 11 is 0. The second kappa shape index (κ2) is 6.66. The number of anilines is 1. The summed E-state index contributed by atoms with van der Waals surface area (Å²) in [7, 11) is 1.20. The Morgan fingerprint density at radius 2 is 1.95 bits per heavy atom. The monoisotopic (exact) mass is 304 g/mol. The van der Waals surface area contributed by atoms with E-state index >= 15 is 0 Å². The molecule has 2 rings (SSSR count). The SMILES string of the molecule is COC(=O)c1cc([N+](=O)[O-])ccc1NCc1ccc(F)cc1. The van der Waals surface area contributed by atoms with Gasteiger partial charge in [0.1, 0.15) is 5.82 Å². The Balaban J connectivity index is 2.23. The van der Waals surface area contributed by atoms with Crippen LogP contribution in [0.2, 0.25) is 0 Å². The lowest BCUT2D eigenvalue weighted by Gasteiger charge is -2.11. The number of hydrogen-bond donors (Lipinski definition) is 1. The summed E-state index contributed by atoms with van der Waals surface area (Å²) < 4.78 is 17.5. The van der Waals surface area contributed by atoms with Gasteiger partial charge < -0.3 is 10.1 Å². The van der Waals surface area contributed by atoms with Crippen molar-refractivity contribution >= 4 is 17.3 Å². The molecule has 1 N–H and O–H groups in total. The first-order chi connectivity index (χ1) is 10.5. The number of benzene rings is 2. The smallest absolute Gasteiger partial charge is 0.340 e. The molecule has 0 atom stereocenters. The van der Waals surface area contributed by atoms with Crippen LogP contribution in [-0.2, 0) is 11.3 Å². The number of hydrogen-bond acceptors (Lipinski definition) is 5. The van der Waals surface area contributed by atoms with E-state index in [1.54, 1.807) is 12.1 Å². The van der Waals surface area contributed by atoms with Crippen LogP contribution in [0.25, 0.3) is 0 Å². The molecule has 0 aliphatic rings. The molecule has 0 radical (unpaired) electrons. The van der Waals surface area contributed by atoms with E-state index in [1.807, 2.05) is 0 Å². The molecule has 7 heteroatoms. The van der Waals surface area contributed by atoms with Gasteiger partial charge in [-0.3, -0.25) is 10.1 Å². The fraction of sp³-hybridized carbons (Fsp3) is 0.133. The van der Waals surface area contributed by atoms with Crippen molar-refractivity contribution in [3.05, 3.63) is 69.5 Å². The van der Waals surface area contributed by atoms with Gasteiger partial charge in [-0.15, -0.1) is 0 Å². The molecule has 6 nitrogen and oxygen atoms in total. The second-order valence-corrected chi connectivity index (χ2v) is 4.46. The lowest BCUT2D eigenvalue weighted by Crippen LogP contribution is -2.09. The van der Waals surface area contributed by atoms with Gasteiger partial charge in [0, 0.05) is 24.4 Å². The molecule has 2 aromatic rings. The molecule has 0 heterocycles. The average Bonchev–Trinajstić information content (AvgIpc) is 2.53. The lowest BCUT2D eigenvalue weighted by molar-refractivity contribution is -0.384. The number of carbonyl (C=O) groups excluding carboxylic acids is 1. The van der Waals surface area contributed by atoms with Crippen molar-refractivity contribution in [1.29, 1.82) is 0 Å². The Morgan fingerprint density at radius 1 is 1.27 bits per heavy atom. The normalized spacial score (nSPS) is 10.1. The first-order valence-corrected chi connectivity index (χ1v) is 6.36. The highest BCUT2D eigenvalue weighted by Crippen LogP contribution is 2.23. The summed E-state index contributed by atoms with van der Waals surface area (Å²) in [5.41, 5.74) is 1.07. The van der Waals surface area contributed by atoms with E-state index < -0.39 is 10.9 Å². The van der Waals surface area contributed by atoms with Gasteiger partial charge in [-0.2, -0.15) is 0 Å². The van der Waals surface area contributed by atoms with Crippen LogP contribution < -0.4 is 5.32 Å². The molecule has 0 aromatic heterocycles. The molecule has 0 saturated heterocycles. The van der Waals surface area contributed by atoms with Gasteiger partial charge in [0.25, 0.3) is 5.69 Å². The van der Waals surface area contributed by atoms with E-state index in [2.05, 4.69) is 10.1 Å².